The molecule has 1 amide bonds. The number of aryl methyl sites for hydroxylation is 1. The van der Waals surface area contributed by atoms with E-state index in [4.69, 9.17) is 4.42 Å². The van der Waals surface area contributed by atoms with Gasteiger partial charge in [0.25, 0.3) is 5.91 Å². The van der Waals surface area contributed by atoms with E-state index in [1.165, 1.54) is 12.8 Å². The van der Waals surface area contributed by atoms with E-state index in [1.54, 1.807) is 19.3 Å². The first-order valence-electron chi connectivity index (χ1n) is 5.67. The molecule has 1 aliphatic carbocycles. The van der Waals surface area contributed by atoms with Gasteiger partial charge in [-0.2, -0.15) is 0 Å². The van der Waals surface area contributed by atoms with Gasteiger partial charge in [0.05, 0.1) is 11.8 Å². The zero-order valence-corrected chi connectivity index (χ0v) is 10.9. The first-order valence-corrected chi connectivity index (χ1v) is 6.59. The molecule has 1 saturated carbocycles. The fourth-order valence-electron chi connectivity index (χ4n) is 2.11. The van der Waals surface area contributed by atoms with Gasteiger partial charge < -0.3 is 9.73 Å². The standard InChI is InChI=1S/C12H16BrNO2/c1-8-9(6-7-16-8)12(15)14-11-5-3-2-4-10(11)13/h6-7,10-11H,2-5H2,1H3,(H,14,15). The lowest BCUT2D eigenvalue weighted by Crippen LogP contribution is -2.42. The zero-order valence-electron chi connectivity index (χ0n) is 9.33. The predicted octanol–water partition coefficient (Wildman–Crippen LogP) is 3.02. The minimum Gasteiger partial charge on any atom is -0.469 e. The third-order valence-corrected chi connectivity index (χ3v) is 4.20. The van der Waals surface area contributed by atoms with Gasteiger partial charge in [-0.1, -0.05) is 28.8 Å². The number of hydrogen-bond donors (Lipinski definition) is 1. The molecule has 1 heterocycles. The Hall–Kier alpha value is -0.770. The summed E-state index contributed by atoms with van der Waals surface area (Å²) in [6.07, 6.45) is 6.18. The Morgan fingerprint density at radius 3 is 2.88 bits per heavy atom. The number of furan rings is 1. The molecule has 2 rings (SSSR count). The van der Waals surface area contributed by atoms with Gasteiger partial charge in [-0.3, -0.25) is 4.79 Å². The van der Waals surface area contributed by atoms with Crippen LogP contribution in [0.2, 0.25) is 0 Å². The highest BCUT2D eigenvalue weighted by Gasteiger charge is 2.25. The number of carbonyl (C=O) groups excluding carboxylic acids is 1. The van der Waals surface area contributed by atoms with Gasteiger partial charge in [-0.25, -0.2) is 0 Å². The Balaban J connectivity index is 1.99. The summed E-state index contributed by atoms with van der Waals surface area (Å²) in [5, 5.41) is 3.07. The molecule has 0 bridgehead atoms. The molecule has 0 aliphatic heterocycles. The second-order valence-corrected chi connectivity index (χ2v) is 5.45. The molecule has 0 saturated heterocycles. The second kappa shape index (κ2) is 5.04. The highest BCUT2D eigenvalue weighted by Crippen LogP contribution is 2.25. The zero-order chi connectivity index (χ0) is 11.5. The van der Waals surface area contributed by atoms with Crippen molar-refractivity contribution in [3.05, 3.63) is 23.7 Å². The van der Waals surface area contributed by atoms with E-state index >= 15 is 0 Å². The highest BCUT2D eigenvalue weighted by molar-refractivity contribution is 9.09. The van der Waals surface area contributed by atoms with Crippen LogP contribution in [-0.4, -0.2) is 16.8 Å². The van der Waals surface area contributed by atoms with E-state index < -0.39 is 0 Å². The average molecular weight is 286 g/mol. The van der Waals surface area contributed by atoms with Crippen LogP contribution in [0.4, 0.5) is 0 Å². The molecular weight excluding hydrogens is 270 g/mol. The van der Waals surface area contributed by atoms with Crippen LogP contribution in [0.1, 0.15) is 41.8 Å². The second-order valence-electron chi connectivity index (χ2n) is 4.27. The molecule has 0 radical (unpaired) electrons. The lowest BCUT2D eigenvalue weighted by Gasteiger charge is -2.28. The number of rotatable bonds is 2. The summed E-state index contributed by atoms with van der Waals surface area (Å²) in [7, 11) is 0. The molecule has 16 heavy (non-hydrogen) atoms. The normalized spacial score (nSPS) is 25.4. The number of hydrogen-bond acceptors (Lipinski definition) is 2. The molecular formula is C12H16BrNO2. The summed E-state index contributed by atoms with van der Waals surface area (Å²) >= 11 is 3.63. The van der Waals surface area contributed by atoms with Gasteiger partial charge in [0.1, 0.15) is 5.76 Å². The van der Waals surface area contributed by atoms with Crippen molar-refractivity contribution in [2.24, 2.45) is 0 Å². The molecule has 1 aliphatic rings. The fourth-order valence-corrected chi connectivity index (χ4v) is 2.84. The van der Waals surface area contributed by atoms with Crippen molar-refractivity contribution < 1.29 is 9.21 Å². The maximum absolute atomic E-state index is 11.9. The molecule has 4 heteroatoms. The minimum absolute atomic E-state index is 0.0254. The van der Waals surface area contributed by atoms with Crippen molar-refractivity contribution in [2.75, 3.05) is 0 Å². The Morgan fingerprint density at radius 1 is 1.50 bits per heavy atom. The summed E-state index contributed by atoms with van der Waals surface area (Å²) in [6, 6.07) is 1.96. The lowest BCUT2D eigenvalue weighted by molar-refractivity contribution is 0.0928. The maximum atomic E-state index is 11.9. The van der Waals surface area contributed by atoms with Gasteiger partial charge >= 0.3 is 0 Å². The average Bonchev–Trinajstić information content (AvgIpc) is 2.68. The van der Waals surface area contributed by atoms with Crippen LogP contribution in [0.15, 0.2) is 16.7 Å². The van der Waals surface area contributed by atoms with Crippen LogP contribution in [0.5, 0.6) is 0 Å². The van der Waals surface area contributed by atoms with Gasteiger partial charge in [-0.15, -0.1) is 0 Å². The number of amides is 1. The van der Waals surface area contributed by atoms with Crippen LogP contribution in [0.3, 0.4) is 0 Å². The summed E-state index contributed by atoms with van der Waals surface area (Å²) < 4.78 is 5.13. The molecule has 88 valence electrons. The van der Waals surface area contributed by atoms with Crippen LogP contribution >= 0.6 is 15.9 Å². The van der Waals surface area contributed by atoms with Crippen LogP contribution in [0, 0.1) is 6.92 Å². The number of alkyl halides is 1. The predicted molar refractivity (Wildman–Crippen MR) is 65.9 cm³/mol. The van der Waals surface area contributed by atoms with Crippen LogP contribution in [-0.2, 0) is 0 Å². The Labute approximate surface area is 104 Å². The van der Waals surface area contributed by atoms with E-state index in [1.807, 2.05) is 0 Å². The quantitative estimate of drug-likeness (QED) is 0.849. The molecule has 0 spiro atoms. The molecule has 3 nitrogen and oxygen atoms in total. The Kier molecular flexibility index (Phi) is 3.69. The van der Waals surface area contributed by atoms with E-state index in [0.717, 1.165) is 12.8 Å². The third-order valence-electron chi connectivity index (χ3n) is 3.10. The van der Waals surface area contributed by atoms with Gasteiger partial charge in [0.2, 0.25) is 0 Å². The molecule has 1 aromatic heterocycles. The SMILES string of the molecule is Cc1occc1C(=O)NC1CCCCC1Br. The summed E-state index contributed by atoms with van der Waals surface area (Å²) in [5.41, 5.74) is 0.644. The van der Waals surface area contributed by atoms with E-state index in [-0.39, 0.29) is 11.9 Å². The van der Waals surface area contributed by atoms with E-state index in [0.29, 0.717) is 16.2 Å². The number of nitrogens with one attached hydrogen (secondary N) is 1. The first-order chi connectivity index (χ1) is 7.68. The molecule has 2 unspecified atom stereocenters. The van der Waals surface area contributed by atoms with E-state index in [2.05, 4.69) is 21.2 Å². The highest BCUT2D eigenvalue weighted by atomic mass is 79.9. The third kappa shape index (κ3) is 2.48. The minimum atomic E-state index is -0.0254. The summed E-state index contributed by atoms with van der Waals surface area (Å²) in [5.74, 6) is 0.655. The molecule has 2 atom stereocenters. The number of halogens is 1. The monoisotopic (exact) mass is 285 g/mol. The van der Waals surface area contributed by atoms with Gasteiger partial charge in [-0.05, 0) is 25.8 Å². The largest absolute Gasteiger partial charge is 0.469 e. The van der Waals surface area contributed by atoms with Crippen molar-refractivity contribution >= 4 is 21.8 Å². The number of carbonyl (C=O) groups is 1. The maximum Gasteiger partial charge on any atom is 0.255 e. The van der Waals surface area contributed by atoms with Crippen molar-refractivity contribution in [3.63, 3.8) is 0 Å². The van der Waals surface area contributed by atoms with Crippen LogP contribution in [0.25, 0.3) is 0 Å². The molecule has 1 aromatic rings. The summed E-state index contributed by atoms with van der Waals surface area (Å²) in [4.78, 5) is 12.3. The Morgan fingerprint density at radius 2 is 2.25 bits per heavy atom. The molecule has 1 N–H and O–H groups in total. The van der Waals surface area contributed by atoms with E-state index in [9.17, 15) is 4.79 Å². The van der Waals surface area contributed by atoms with Gasteiger partial charge in [0, 0.05) is 10.9 Å². The first kappa shape index (κ1) is 11.7. The molecule has 1 fully saturated rings. The van der Waals surface area contributed by atoms with Crippen molar-refractivity contribution in [1.29, 1.82) is 0 Å². The van der Waals surface area contributed by atoms with Crippen LogP contribution < -0.4 is 5.32 Å². The van der Waals surface area contributed by atoms with Crippen molar-refractivity contribution in [2.45, 2.75) is 43.5 Å². The van der Waals surface area contributed by atoms with Crippen molar-refractivity contribution in [3.8, 4) is 0 Å². The van der Waals surface area contributed by atoms with Gasteiger partial charge in [0.15, 0.2) is 0 Å². The Bertz CT molecular complexity index is 375. The lowest BCUT2D eigenvalue weighted by atomic mass is 9.95. The smallest absolute Gasteiger partial charge is 0.255 e. The summed E-state index contributed by atoms with van der Waals surface area (Å²) in [6.45, 7) is 1.81. The fraction of sp³-hybridized carbons (Fsp3) is 0.583. The molecule has 0 aromatic carbocycles. The van der Waals surface area contributed by atoms with Crippen molar-refractivity contribution in [1.82, 2.24) is 5.32 Å². The topological polar surface area (TPSA) is 42.2 Å².